The molecular formula is C15H16N4. The van der Waals surface area contributed by atoms with Gasteiger partial charge in [0.2, 0.25) is 0 Å². The minimum Gasteiger partial charge on any atom is -0.390 e. The maximum Gasteiger partial charge on any atom is 0.122 e. The lowest BCUT2D eigenvalue weighted by Crippen LogP contribution is -2.06. The molecule has 0 fully saturated rings. The van der Waals surface area contributed by atoms with Crippen LogP contribution in [-0.2, 0) is 0 Å². The molecule has 2 rings (SSSR count). The molecule has 0 aromatic carbocycles. The standard InChI is InChI=1S/C15H16N4/c1-10-4-3-5-11-6-15(19-9-12(10)11)13(8-18-2)14(17)7-16/h3,5-6,8-10H,4,17H2,1-2H3. The minimum atomic E-state index is 0.130. The highest BCUT2D eigenvalue weighted by atomic mass is 14.7. The average Bonchev–Trinajstić information content (AvgIpc) is 2.44. The van der Waals surface area contributed by atoms with Crippen LogP contribution < -0.4 is 5.73 Å². The molecule has 1 atom stereocenters. The Morgan fingerprint density at radius 3 is 3.11 bits per heavy atom. The van der Waals surface area contributed by atoms with E-state index in [1.54, 1.807) is 13.3 Å². The van der Waals surface area contributed by atoms with Crippen LogP contribution in [0.4, 0.5) is 0 Å². The first-order chi connectivity index (χ1) is 9.17. The fourth-order valence-electron chi connectivity index (χ4n) is 2.17. The van der Waals surface area contributed by atoms with E-state index in [2.05, 4.69) is 29.1 Å². The van der Waals surface area contributed by atoms with Gasteiger partial charge in [0.15, 0.2) is 0 Å². The van der Waals surface area contributed by atoms with Crippen molar-refractivity contribution in [2.24, 2.45) is 10.7 Å². The predicted octanol–water partition coefficient (Wildman–Crippen LogP) is 2.50. The number of aromatic nitrogens is 1. The molecule has 0 saturated carbocycles. The summed E-state index contributed by atoms with van der Waals surface area (Å²) in [6.45, 7) is 2.18. The number of allylic oxidation sites excluding steroid dienone is 3. The number of nitrogens with zero attached hydrogens (tertiary/aromatic N) is 3. The van der Waals surface area contributed by atoms with E-state index >= 15 is 0 Å². The maximum atomic E-state index is 8.94. The number of aliphatic imine (C=N–C) groups is 1. The SMILES string of the molecule is CN=CC(=C(N)C#N)c1cc2c(cn1)C(C)CC=C2. The summed E-state index contributed by atoms with van der Waals surface area (Å²) < 4.78 is 0. The summed E-state index contributed by atoms with van der Waals surface area (Å²) in [5.74, 6) is 0.474. The first kappa shape index (κ1) is 13.0. The van der Waals surface area contributed by atoms with Crippen LogP contribution in [0.5, 0.6) is 0 Å². The van der Waals surface area contributed by atoms with Crippen LogP contribution in [-0.4, -0.2) is 18.2 Å². The molecule has 19 heavy (non-hydrogen) atoms. The van der Waals surface area contributed by atoms with Gasteiger partial charge in [-0.2, -0.15) is 5.26 Å². The third-order valence-corrected chi connectivity index (χ3v) is 3.23. The Morgan fingerprint density at radius 2 is 2.42 bits per heavy atom. The van der Waals surface area contributed by atoms with Gasteiger partial charge in [0.1, 0.15) is 11.8 Å². The zero-order valence-corrected chi connectivity index (χ0v) is 11.1. The molecule has 1 heterocycles. The van der Waals surface area contributed by atoms with Gasteiger partial charge in [-0.3, -0.25) is 9.98 Å². The molecule has 4 heteroatoms. The van der Waals surface area contributed by atoms with Crippen molar-refractivity contribution in [2.75, 3.05) is 7.05 Å². The van der Waals surface area contributed by atoms with Gasteiger partial charge < -0.3 is 5.73 Å². The summed E-state index contributed by atoms with van der Waals surface area (Å²) in [6, 6.07) is 3.91. The van der Waals surface area contributed by atoms with Crippen molar-refractivity contribution in [1.82, 2.24) is 4.98 Å². The second-order valence-corrected chi connectivity index (χ2v) is 4.56. The molecule has 4 nitrogen and oxygen atoms in total. The van der Waals surface area contributed by atoms with E-state index < -0.39 is 0 Å². The van der Waals surface area contributed by atoms with Crippen LogP contribution in [0.1, 0.15) is 36.1 Å². The Hall–Kier alpha value is -2.41. The maximum absolute atomic E-state index is 8.94. The van der Waals surface area contributed by atoms with Crippen LogP contribution in [0.15, 0.2) is 29.0 Å². The number of hydrogen-bond donors (Lipinski definition) is 1. The minimum absolute atomic E-state index is 0.130. The van der Waals surface area contributed by atoms with Gasteiger partial charge >= 0.3 is 0 Å². The third kappa shape index (κ3) is 2.55. The number of rotatable bonds is 2. The molecule has 1 aromatic rings. The van der Waals surface area contributed by atoms with E-state index in [9.17, 15) is 0 Å². The van der Waals surface area contributed by atoms with Gasteiger partial charge in [-0.15, -0.1) is 0 Å². The zero-order chi connectivity index (χ0) is 13.8. The fraction of sp³-hybridized carbons (Fsp3) is 0.267. The summed E-state index contributed by atoms with van der Waals surface area (Å²) in [7, 11) is 1.64. The van der Waals surface area contributed by atoms with E-state index in [4.69, 9.17) is 11.0 Å². The molecule has 0 amide bonds. The first-order valence-electron chi connectivity index (χ1n) is 6.16. The summed E-state index contributed by atoms with van der Waals surface area (Å²) >= 11 is 0. The van der Waals surface area contributed by atoms with Crippen molar-refractivity contribution in [1.29, 1.82) is 5.26 Å². The van der Waals surface area contributed by atoms with Crippen LogP contribution in [0.3, 0.4) is 0 Å². The highest BCUT2D eigenvalue weighted by Crippen LogP contribution is 2.30. The summed E-state index contributed by atoms with van der Waals surface area (Å²) in [5.41, 5.74) is 9.46. The van der Waals surface area contributed by atoms with Crippen molar-refractivity contribution in [3.8, 4) is 6.07 Å². The molecule has 2 N–H and O–H groups in total. The summed E-state index contributed by atoms with van der Waals surface area (Å²) in [4.78, 5) is 8.35. The van der Waals surface area contributed by atoms with Crippen molar-refractivity contribution < 1.29 is 0 Å². The highest BCUT2D eigenvalue weighted by molar-refractivity contribution is 6.11. The molecule has 1 aliphatic rings. The second kappa shape index (κ2) is 5.49. The van der Waals surface area contributed by atoms with E-state index in [0.29, 0.717) is 17.2 Å². The molecule has 1 aromatic heterocycles. The van der Waals surface area contributed by atoms with Gasteiger partial charge in [0.25, 0.3) is 0 Å². The predicted molar refractivity (Wildman–Crippen MR) is 77.4 cm³/mol. The Labute approximate surface area is 113 Å². The molecular weight excluding hydrogens is 236 g/mol. The smallest absolute Gasteiger partial charge is 0.122 e. The number of hydrogen-bond acceptors (Lipinski definition) is 4. The van der Waals surface area contributed by atoms with E-state index in [1.165, 1.54) is 5.56 Å². The van der Waals surface area contributed by atoms with Gasteiger partial charge in [-0.05, 0) is 29.5 Å². The van der Waals surface area contributed by atoms with Gasteiger partial charge in [0, 0.05) is 19.5 Å². The normalized spacial score (nSPS) is 18.9. The first-order valence-corrected chi connectivity index (χ1v) is 6.16. The largest absolute Gasteiger partial charge is 0.390 e. The van der Waals surface area contributed by atoms with Gasteiger partial charge in [-0.25, -0.2) is 0 Å². The molecule has 0 saturated heterocycles. The molecule has 1 unspecified atom stereocenters. The average molecular weight is 252 g/mol. The second-order valence-electron chi connectivity index (χ2n) is 4.56. The lowest BCUT2D eigenvalue weighted by Gasteiger charge is -2.18. The lowest BCUT2D eigenvalue weighted by molar-refractivity contribution is 0.765. The zero-order valence-electron chi connectivity index (χ0n) is 11.1. The van der Waals surface area contributed by atoms with E-state index in [0.717, 1.165) is 12.0 Å². The van der Waals surface area contributed by atoms with Crippen LogP contribution in [0.2, 0.25) is 0 Å². The number of nitrogens with two attached hydrogens (primary N) is 1. The van der Waals surface area contributed by atoms with Crippen molar-refractivity contribution >= 4 is 17.9 Å². The van der Waals surface area contributed by atoms with Crippen molar-refractivity contribution in [3.63, 3.8) is 0 Å². The molecule has 0 bridgehead atoms. The Kier molecular flexibility index (Phi) is 3.76. The van der Waals surface area contributed by atoms with Crippen molar-refractivity contribution in [2.45, 2.75) is 19.3 Å². The quantitative estimate of drug-likeness (QED) is 0.649. The molecule has 96 valence electrons. The highest BCUT2D eigenvalue weighted by Gasteiger charge is 2.15. The topological polar surface area (TPSA) is 75.1 Å². The molecule has 0 aliphatic heterocycles. The van der Waals surface area contributed by atoms with Crippen LogP contribution in [0.25, 0.3) is 11.6 Å². The van der Waals surface area contributed by atoms with Gasteiger partial charge in [0.05, 0.1) is 11.3 Å². The Balaban J connectivity index is 2.54. The number of nitriles is 1. The van der Waals surface area contributed by atoms with Crippen molar-refractivity contribution in [3.05, 3.63) is 40.9 Å². The number of pyridine rings is 1. The van der Waals surface area contributed by atoms with Crippen LogP contribution in [0, 0.1) is 11.3 Å². The molecule has 0 spiro atoms. The summed E-state index contributed by atoms with van der Waals surface area (Å²) in [6.07, 6.45) is 8.72. The van der Waals surface area contributed by atoms with Gasteiger partial charge in [-0.1, -0.05) is 19.1 Å². The Morgan fingerprint density at radius 1 is 1.63 bits per heavy atom. The molecule has 1 aliphatic carbocycles. The number of fused-ring (bicyclic) bond motifs is 1. The van der Waals surface area contributed by atoms with E-state index in [1.807, 2.05) is 18.3 Å². The summed E-state index contributed by atoms with van der Waals surface area (Å²) in [5, 5.41) is 8.94. The van der Waals surface area contributed by atoms with Crippen LogP contribution >= 0.6 is 0 Å². The van der Waals surface area contributed by atoms with E-state index in [-0.39, 0.29) is 5.70 Å². The Bertz CT molecular complexity index is 618. The lowest BCUT2D eigenvalue weighted by atomic mass is 9.89. The third-order valence-electron chi connectivity index (χ3n) is 3.23. The molecule has 0 radical (unpaired) electrons. The fourth-order valence-corrected chi connectivity index (χ4v) is 2.17. The monoisotopic (exact) mass is 252 g/mol.